The summed E-state index contributed by atoms with van der Waals surface area (Å²) in [6, 6.07) is 7.73. The molecule has 2 heterocycles. The lowest BCUT2D eigenvalue weighted by atomic mass is 10.0. The van der Waals surface area contributed by atoms with Crippen LogP contribution in [0.3, 0.4) is 0 Å². The Labute approximate surface area is 119 Å². The number of ketones is 1. The molecule has 0 N–H and O–H groups in total. The van der Waals surface area contributed by atoms with Gasteiger partial charge in [-0.05, 0) is 44.3 Å². The highest BCUT2D eigenvalue weighted by atomic mass is 16.3. The minimum Gasteiger partial charge on any atom is -0.464 e. The molecule has 2 aromatic rings. The average molecular weight is 271 g/mol. The summed E-state index contributed by atoms with van der Waals surface area (Å²) < 4.78 is 5.46. The highest BCUT2D eigenvalue weighted by Gasteiger charge is 2.19. The summed E-state index contributed by atoms with van der Waals surface area (Å²) >= 11 is 0. The number of nitrogens with zero attached hydrogens (tertiary/aromatic N) is 1. The number of rotatable bonds is 3. The van der Waals surface area contributed by atoms with Crippen molar-refractivity contribution >= 4 is 16.8 Å². The van der Waals surface area contributed by atoms with Crippen molar-refractivity contribution in [1.82, 2.24) is 4.90 Å². The second-order valence-corrected chi connectivity index (χ2v) is 5.88. The first-order valence-electron chi connectivity index (χ1n) is 7.46. The predicted octanol–water partition coefficient (Wildman–Crippen LogP) is 3.74. The maximum atomic E-state index is 12.5. The maximum absolute atomic E-state index is 12.5. The molecule has 1 aromatic carbocycles. The molecule has 0 radical (unpaired) electrons. The van der Waals surface area contributed by atoms with Crippen LogP contribution in [0.2, 0.25) is 0 Å². The van der Waals surface area contributed by atoms with Crippen molar-refractivity contribution in [2.24, 2.45) is 5.92 Å². The molecule has 3 rings (SSSR count). The molecule has 1 aromatic heterocycles. The molecule has 0 spiro atoms. The van der Waals surface area contributed by atoms with Crippen LogP contribution in [0, 0.1) is 5.92 Å². The van der Waals surface area contributed by atoms with Crippen molar-refractivity contribution in [3.8, 4) is 0 Å². The molecule has 0 aliphatic carbocycles. The third-order valence-corrected chi connectivity index (χ3v) is 4.26. The summed E-state index contributed by atoms with van der Waals surface area (Å²) in [7, 11) is 0. The molecule has 0 saturated carbocycles. The normalized spacial score (nSPS) is 20.9. The Morgan fingerprint density at radius 3 is 3.05 bits per heavy atom. The van der Waals surface area contributed by atoms with Crippen LogP contribution < -0.4 is 0 Å². The number of likely N-dealkylation sites (tertiary alicyclic amines) is 1. The molecule has 106 valence electrons. The number of carbonyl (C=O) groups excluding carboxylic acids is 1. The van der Waals surface area contributed by atoms with Crippen molar-refractivity contribution in [2.75, 3.05) is 19.6 Å². The number of fused-ring (bicyclic) bond motifs is 1. The highest BCUT2D eigenvalue weighted by Crippen LogP contribution is 2.22. The average Bonchev–Trinajstić information content (AvgIpc) is 2.78. The van der Waals surface area contributed by atoms with Crippen molar-refractivity contribution in [3.63, 3.8) is 0 Å². The number of furan rings is 1. The lowest BCUT2D eigenvalue weighted by Crippen LogP contribution is -2.30. The minimum atomic E-state index is 0.171. The van der Waals surface area contributed by atoms with Crippen LogP contribution in [0.15, 0.2) is 34.9 Å². The topological polar surface area (TPSA) is 33.5 Å². The van der Waals surface area contributed by atoms with Crippen LogP contribution in [-0.4, -0.2) is 30.3 Å². The fourth-order valence-corrected chi connectivity index (χ4v) is 2.96. The van der Waals surface area contributed by atoms with Crippen LogP contribution >= 0.6 is 0 Å². The quantitative estimate of drug-likeness (QED) is 0.797. The molecule has 1 saturated heterocycles. The van der Waals surface area contributed by atoms with Crippen molar-refractivity contribution in [3.05, 3.63) is 36.1 Å². The van der Waals surface area contributed by atoms with E-state index in [0.717, 1.165) is 35.5 Å². The minimum absolute atomic E-state index is 0.171. The van der Waals surface area contributed by atoms with Gasteiger partial charge >= 0.3 is 0 Å². The third-order valence-electron chi connectivity index (χ3n) is 4.26. The SMILES string of the molecule is CC1CCCN(CC(=O)c2coc3ccccc23)CC1. The van der Waals surface area contributed by atoms with E-state index in [-0.39, 0.29) is 5.78 Å². The van der Waals surface area contributed by atoms with Gasteiger partial charge in [-0.25, -0.2) is 0 Å². The second kappa shape index (κ2) is 5.80. The van der Waals surface area contributed by atoms with Crippen LogP contribution in [-0.2, 0) is 0 Å². The summed E-state index contributed by atoms with van der Waals surface area (Å²) in [6.07, 6.45) is 5.27. The van der Waals surface area contributed by atoms with Gasteiger partial charge in [0.1, 0.15) is 11.8 Å². The van der Waals surface area contributed by atoms with Gasteiger partial charge in [0.2, 0.25) is 0 Å². The first-order valence-corrected chi connectivity index (χ1v) is 7.46. The number of benzene rings is 1. The molecular formula is C17H21NO2. The van der Waals surface area contributed by atoms with Crippen LogP contribution in [0.5, 0.6) is 0 Å². The van der Waals surface area contributed by atoms with E-state index in [0.29, 0.717) is 6.54 Å². The molecule has 0 bridgehead atoms. The Morgan fingerprint density at radius 1 is 1.30 bits per heavy atom. The maximum Gasteiger partial charge on any atom is 0.180 e. The van der Waals surface area contributed by atoms with Crippen molar-refractivity contribution < 1.29 is 9.21 Å². The zero-order chi connectivity index (χ0) is 13.9. The largest absolute Gasteiger partial charge is 0.464 e. The molecule has 1 atom stereocenters. The number of Topliss-reactive ketones (excluding diaryl/α,β-unsaturated/α-hetero) is 1. The van der Waals surface area contributed by atoms with Crippen molar-refractivity contribution in [2.45, 2.75) is 26.2 Å². The summed E-state index contributed by atoms with van der Waals surface area (Å²) in [5, 5.41) is 0.931. The van der Waals surface area contributed by atoms with Gasteiger partial charge in [-0.15, -0.1) is 0 Å². The van der Waals surface area contributed by atoms with E-state index in [2.05, 4.69) is 11.8 Å². The van der Waals surface area contributed by atoms with E-state index in [1.54, 1.807) is 6.26 Å². The van der Waals surface area contributed by atoms with Crippen LogP contribution in [0.1, 0.15) is 36.5 Å². The van der Waals surface area contributed by atoms with Gasteiger partial charge in [-0.1, -0.05) is 25.1 Å². The molecule has 1 aliphatic heterocycles. The van der Waals surface area contributed by atoms with E-state index >= 15 is 0 Å². The van der Waals surface area contributed by atoms with Gasteiger partial charge in [-0.2, -0.15) is 0 Å². The summed E-state index contributed by atoms with van der Waals surface area (Å²) in [4.78, 5) is 14.8. The monoisotopic (exact) mass is 271 g/mol. The number of carbonyl (C=O) groups is 1. The molecule has 0 amide bonds. The fourth-order valence-electron chi connectivity index (χ4n) is 2.96. The first-order chi connectivity index (χ1) is 9.74. The summed E-state index contributed by atoms with van der Waals surface area (Å²) in [5.41, 5.74) is 1.51. The molecule has 1 aliphatic rings. The Bertz CT molecular complexity index is 602. The van der Waals surface area contributed by atoms with E-state index in [4.69, 9.17) is 4.42 Å². The smallest absolute Gasteiger partial charge is 0.180 e. The van der Waals surface area contributed by atoms with E-state index < -0.39 is 0 Å². The predicted molar refractivity (Wildman–Crippen MR) is 80.0 cm³/mol. The molecule has 20 heavy (non-hydrogen) atoms. The highest BCUT2D eigenvalue weighted by molar-refractivity contribution is 6.08. The number of hydrogen-bond acceptors (Lipinski definition) is 3. The van der Waals surface area contributed by atoms with Gasteiger partial charge in [0.05, 0.1) is 12.1 Å². The zero-order valence-corrected chi connectivity index (χ0v) is 12.0. The molecule has 1 fully saturated rings. The second-order valence-electron chi connectivity index (χ2n) is 5.88. The number of para-hydroxylation sites is 1. The van der Waals surface area contributed by atoms with Gasteiger partial charge < -0.3 is 4.42 Å². The molecule has 3 heteroatoms. The molecule has 3 nitrogen and oxygen atoms in total. The summed E-state index contributed by atoms with van der Waals surface area (Å²) in [5.74, 6) is 0.953. The van der Waals surface area contributed by atoms with Gasteiger partial charge in [0.25, 0.3) is 0 Å². The van der Waals surface area contributed by atoms with Crippen LogP contribution in [0.4, 0.5) is 0 Å². The van der Waals surface area contributed by atoms with E-state index in [9.17, 15) is 4.79 Å². The third kappa shape index (κ3) is 2.78. The Morgan fingerprint density at radius 2 is 2.15 bits per heavy atom. The zero-order valence-electron chi connectivity index (χ0n) is 12.0. The number of hydrogen-bond donors (Lipinski definition) is 0. The van der Waals surface area contributed by atoms with E-state index in [1.807, 2.05) is 24.3 Å². The molecular weight excluding hydrogens is 250 g/mol. The lowest BCUT2D eigenvalue weighted by Gasteiger charge is -2.18. The van der Waals surface area contributed by atoms with Gasteiger partial charge in [-0.3, -0.25) is 9.69 Å². The first kappa shape index (κ1) is 13.4. The summed E-state index contributed by atoms with van der Waals surface area (Å²) in [6.45, 7) is 4.87. The van der Waals surface area contributed by atoms with E-state index in [1.165, 1.54) is 19.3 Å². The van der Waals surface area contributed by atoms with Gasteiger partial charge in [0.15, 0.2) is 5.78 Å². The Hall–Kier alpha value is -1.61. The van der Waals surface area contributed by atoms with Crippen LogP contribution in [0.25, 0.3) is 11.0 Å². The van der Waals surface area contributed by atoms with Gasteiger partial charge in [0, 0.05) is 5.39 Å². The standard InChI is InChI=1S/C17H21NO2/c1-13-5-4-9-18(10-8-13)11-16(19)15-12-20-17-7-3-2-6-14(15)17/h2-3,6-7,12-13H,4-5,8-11H2,1H3. The fraction of sp³-hybridized carbons (Fsp3) is 0.471. The van der Waals surface area contributed by atoms with Crippen molar-refractivity contribution in [1.29, 1.82) is 0 Å². The lowest BCUT2D eigenvalue weighted by molar-refractivity contribution is 0.0933. The Kier molecular flexibility index (Phi) is 3.88. The molecule has 1 unspecified atom stereocenters. The Balaban J connectivity index is 1.73.